The van der Waals surface area contributed by atoms with E-state index in [4.69, 9.17) is 4.74 Å². The Morgan fingerprint density at radius 3 is 2.63 bits per heavy atom. The summed E-state index contributed by atoms with van der Waals surface area (Å²) in [4.78, 5) is 25.2. The molecular formula is C20H20N4O3. The molecule has 0 atom stereocenters. The van der Waals surface area contributed by atoms with Gasteiger partial charge in [0.25, 0.3) is 11.5 Å². The van der Waals surface area contributed by atoms with Crippen LogP contribution in [-0.4, -0.2) is 29.0 Å². The fraction of sp³-hybridized carbons (Fsp3) is 0.200. The fourth-order valence-electron chi connectivity index (χ4n) is 2.66. The molecule has 138 valence electrons. The van der Waals surface area contributed by atoms with E-state index in [0.29, 0.717) is 16.5 Å². The molecule has 0 saturated carbocycles. The Hall–Kier alpha value is -3.48. The molecule has 2 aromatic carbocycles. The summed E-state index contributed by atoms with van der Waals surface area (Å²) in [6, 6.07) is 14.0. The zero-order chi connectivity index (χ0) is 19.4. The third-order valence-corrected chi connectivity index (χ3v) is 4.01. The second-order valence-corrected chi connectivity index (χ2v) is 6.21. The molecule has 0 bridgehead atoms. The Balaban J connectivity index is 1.92. The third kappa shape index (κ3) is 3.87. The summed E-state index contributed by atoms with van der Waals surface area (Å²) < 4.78 is 6.46. The summed E-state index contributed by atoms with van der Waals surface area (Å²) >= 11 is 0. The van der Waals surface area contributed by atoms with Crippen molar-refractivity contribution in [3.05, 3.63) is 70.1 Å². The van der Waals surface area contributed by atoms with E-state index in [-0.39, 0.29) is 17.3 Å². The Bertz CT molecular complexity index is 1070. The van der Waals surface area contributed by atoms with Crippen molar-refractivity contribution in [2.45, 2.75) is 19.9 Å². The first-order chi connectivity index (χ1) is 13.0. The highest BCUT2D eigenvalue weighted by molar-refractivity contribution is 6.04. The van der Waals surface area contributed by atoms with Gasteiger partial charge in [-0.15, -0.1) is 0 Å². The molecule has 0 spiro atoms. The van der Waals surface area contributed by atoms with Gasteiger partial charge in [0.1, 0.15) is 5.75 Å². The quantitative estimate of drug-likeness (QED) is 0.557. The van der Waals surface area contributed by atoms with E-state index in [0.717, 1.165) is 5.56 Å². The van der Waals surface area contributed by atoms with Gasteiger partial charge >= 0.3 is 0 Å². The molecular weight excluding hydrogens is 344 g/mol. The molecule has 3 aromatic rings. The van der Waals surface area contributed by atoms with E-state index in [2.05, 4.69) is 15.6 Å². The minimum Gasteiger partial charge on any atom is -0.497 e. The molecule has 7 nitrogen and oxygen atoms in total. The summed E-state index contributed by atoms with van der Waals surface area (Å²) in [6.45, 7) is 3.68. The van der Waals surface area contributed by atoms with Crippen LogP contribution in [0.4, 0.5) is 0 Å². The molecule has 1 amide bonds. The molecule has 0 saturated heterocycles. The van der Waals surface area contributed by atoms with E-state index in [1.54, 1.807) is 37.4 Å². The van der Waals surface area contributed by atoms with Gasteiger partial charge in [-0.25, -0.2) is 10.1 Å². The van der Waals surface area contributed by atoms with Gasteiger partial charge in [0.2, 0.25) is 0 Å². The van der Waals surface area contributed by atoms with E-state index in [9.17, 15) is 9.59 Å². The number of hydrazone groups is 1. The lowest BCUT2D eigenvalue weighted by Crippen LogP contribution is -2.30. The number of nitrogens with zero attached hydrogens (tertiary/aromatic N) is 3. The maximum Gasteiger partial charge on any atom is 0.292 e. The highest BCUT2D eigenvalue weighted by Gasteiger charge is 2.17. The number of hydrogen-bond donors (Lipinski definition) is 1. The van der Waals surface area contributed by atoms with Crippen LogP contribution in [0.15, 0.2) is 58.4 Å². The number of amides is 1. The Kier molecular flexibility index (Phi) is 5.30. The van der Waals surface area contributed by atoms with E-state index in [1.165, 1.54) is 10.9 Å². The van der Waals surface area contributed by atoms with Crippen molar-refractivity contribution in [2.75, 3.05) is 7.11 Å². The molecule has 1 heterocycles. The zero-order valence-corrected chi connectivity index (χ0v) is 15.3. The van der Waals surface area contributed by atoms with Crippen LogP contribution >= 0.6 is 0 Å². The molecule has 7 heteroatoms. The van der Waals surface area contributed by atoms with Crippen molar-refractivity contribution < 1.29 is 9.53 Å². The number of hydrogen-bond acceptors (Lipinski definition) is 5. The number of methoxy groups -OCH3 is 1. The highest BCUT2D eigenvalue weighted by atomic mass is 16.5. The maximum absolute atomic E-state index is 12.6. The van der Waals surface area contributed by atoms with Gasteiger partial charge in [-0.05, 0) is 37.6 Å². The van der Waals surface area contributed by atoms with Crippen LogP contribution in [0.25, 0.3) is 10.8 Å². The number of nitrogens with one attached hydrogen (secondary N) is 1. The SMILES string of the molecule is COc1cccc(C=NNC(=O)c2nn(C(C)C)c(=O)c3ccccc23)c1. The predicted octanol–water partition coefficient (Wildman–Crippen LogP) is 2.75. The molecule has 27 heavy (non-hydrogen) atoms. The van der Waals surface area contributed by atoms with Crippen LogP contribution in [-0.2, 0) is 0 Å². The lowest BCUT2D eigenvalue weighted by Gasteiger charge is -2.12. The number of carbonyl (C=O) groups is 1. The Morgan fingerprint density at radius 2 is 1.93 bits per heavy atom. The summed E-state index contributed by atoms with van der Waals surface area (Å²) in [5.74, 6) is 0.210. The summed E-state index contributed by atoms with van der Waals surface area (Å²) in [5.41, 5.74) is 3.18. The summed E-state index contributed by atoms with van der Waals surface area (Å²) in [6.07, 6.45) is 1.51. The molecule has 3 rings (SSSR count). The standard InChI is InChI=1S/C20H20N4O3/c1-13(2)24-20(26)17-10-5-4-9-16(17)18(23-24)19(25)22-21-12-14-7-6-8-15(11-14)27-3/h4-13H,1-3H3,(H,22,25). The number of ether oxygens (including phenoxy) is 1. The van der Waals surface area contributed by atoms with E-state index < -0.39 is 5.91 Å². The van der Waals surface area contributed by atoms with Crippen LogP contribution in [0, 0.1) is 0 Å². The van der Waals surface area contributed by atoms with Gasteiger partial charge in [-0.1, -0.05) is 30.3 Å². The molecule has 0 aliphatic heterocycles. The van der Waals surface area contributed by atoms with Crippen LogP contribution in [0.5, 0.6) is 5.75 Å². The number of rotatable bonds is 5. The van der Waals surface area contributed by atoms with Gasteiger partial charge in [0.15, 0.2) is 5.69 Å². The number of aromatic nitrogens is 2. The largest absolute Gasteiger partial charge is 0.497 e. The maximum atomic E-state index is 12.6. The topological polar surface area (TPSA) is 85.6 Å². The molecule has 0 unspecified atom stereocenters. The monoisotopic (exact) mass is 364 g/mol. The predicted molar refractivity (Wildman–Crippen MR) is 104 cm³/mol. The van der Waals surface area contributed by atoms with E-state index in [1.807, 2.05) is 32.0 Å². The summed E-state index contributed by atoms with van der Waals surface area (Å²) in [5, 5.41) is 9.18. The molecule has 0 fully saturated rings. The van der Waals surface area contributed by atoms with Crippen molar-refractivity contribution in [1.82, 2.24) is 15.2 Å². The second kappa shape index (κ2) is 7.82. The van der Waals surface area contributed by atoms with Gasteiger partial charge in [0.05, 0.1) is 24.8 Å². The molecule has 0 radical (unpaired) electrons. The van der Waals surface area contributed by atoms with Gasteiger partial charge in [0, 0.05) is 5.39 Å². The first kappa shape index (κ1) is 18.3. The van der Waals surface area contributed by atoms with Crippen molar-refractivity contribution >= 4 is 22.9 Å². The average molecular weight is 364 g/mol. The van der Waals surface area contributed by atoms with Gasteiger partial charge < -0.3 is 4.74 Å². The smallest absolute Gasteiger partial charge is 0.292 e. The van der Waals surface area contributed by atoms with Crippen molar-refractivity contribution in [2.24, 2.45) is 5.10 Å². The Morgan fingerprint density at radius 1 is 1.19 bits per heavy atom. The number of benzene rings is 2. The fourth-order valence-corrected chi connectivity index (χ4v) is 2.66. The van der Waals surface area contributed by atoms with Crippen LogP contribution in [0.3, 0.4) is 0 Å². The van der Waals surface area contributed by atoms with Gasteiger partial charge in [-0.3, -0.25) is 9.59 Å². The lowest BCUT2D eigenvalue weighted by molar-refractivity contribution is 0.0949. The van der Waals surface area contributed by atoms with Crippen molar-refractivity contribution in [1.29, 1.82) is 0 Å². The number of fused-ring (bicyclic) bond motifs is 1. The average Bonchev–Trinajstić information content (AvgIpc) is 2.68. The molecule has 0 aliphatic carbocycles. The second-order valence-electron chi connectivity index (χ2n) is 6.21. The number of carbonyl (C=O) groups excluding carboxylic acids is 1. The van der Waals surface area contributed by atoms with Crippen molar-refractivity contribution in [3.8, 4) is 5.75 Å². The lowest BCUT2D eigenvalue weighted by atomic mass is 10.1. The minimum absolute atomic E-state index is 0.154. The van der Waals surface area contributed by atoms with Gasteiger partial charge in [-0.2, -0.15) is 10.2 Å². The molecule has 1 aromatic heterocycles. The normalized spacial score (nSPS) is 11.3. The van der Waals surface area contributed by atoms with Crippen LogP contribution < -0.4 is 15.7 Å². The summed E-state index contributed by atoms with van der Waals surface area (Å²) in [7, 11) is 1.58. The van der Waals surface area contributed by atoms with Crippen LogP contribution in [0.2, 0.25) is 0 Å². The minimum atomic E-state index is -0.486. The van der Waals surface area contributed by atoms with Crippen molar-refractivity contribution in [3.63, 3.8) is 0 Å². The zero-order valence-electron chi connectivity index (χ0n) is 15.3. The van der Waals surface area contributed by atoms with Crippen LogP contribution in [0.1, 0.15) is 35.9 Å². The first-order valence-electron chi connectivity index (χ1n) is 8.50. The molecule has 0 aliphatic rings. The Labute approximate surface area is 156 Å². The molecule has 1 N–H and O–H groups in total. The highest BCUT2D eigenvalue weighted by Crippen LogP contribution is 2.15. The first-order valence-corrected chi connectivity index (χ1v) is 8.50. The third-order valence-electron chi connectivity index (χ3n) is 4.01. The van der Waals surface area contributed by atoms with E-state index >= 15 is 0 Å².